The number of amides is 2. The van der Waals surface area contributed by atoms with Crippen LogP contribution in [0.3, 0.4) is 0 Å². The number of rotatable bonds is 6. The fourth-order valence-electron chi connectivity index (χ4n) is 2.13. The van der Waals surface area contributed by atoms with Crippen LogP contribution in [0, 0.1) is 0 Å². The van der Waals surface area contributed by atoms with Crippen molar-refractivity contribution in [3.8, 4) is 0 Å². The number of nitrogens with zero attached hydrogens (tertiary/aromatic N) is 2. The van der Waals surface area contributed by atoms with Crippen LogP contribution in [-0.4, -0.2) is 48.9 Å². The van der Waals surface area contributed by atoms with Crippen LogP contribution in [0.4, 0.5) is 18.9 Å². The lowest BCUT2D eigenvalue weighted by molar-refractivity contribution is -0.137. The molecule has 2 rings (SSSR count). The number of alkyl halides is 3. The van der Waals surface area contributed by atoms with Gasteiger partial charge in [0.15, 0.2) is 0 Å². The van der Waals surface area contributed by atoms with Crippen molar-refractivity contribution in [1.29, 1.82) is 0 Å². The van der Waals surface area contributed by atoms with Crippen LogP contribution in [0.25, 0.3) is 0 Å². The third kappa shape index (κ3) is 6.07. The molecule has 9 heteroatoms. The lowest BCUT2D eigenvalue weighted by atomic mass is 10.2. The number of nitrogens with one attached hydrogen (secondary N) is 2. The molecule has 0 unspecified atom stereocenters. The standard InChI is InChI=1S/C18H19F3N4O2/c1-25(2)10-9-23-16(26)12-7-8-22-15(11-12)17(27)24-14-5-3-13(4-6-14)18(19,20)21/h3-8,11H,9-10H2,1-2H3,(H,23,26)(H,24,27). The summed E-state index contributed by atoms with van der Waals surface area (Å²) in [6.45, 7) is 1.11. The van der Waals surface area contributed by atoms with Gasteiger partial charge >= 0.3 is 6.18 Å². The quantitative estimate of drug-likeness (QED) is 0.808. The van der Waals surface area contributed by atoms with Gasteiger partial charge in [-0.05, 0) is 50.5 Å². The van der Waals surface area contributed by atoms with Gasteiger partial charge in [-0.25, -0.2) is 0 Å². The maximum Gasteiger partial charge on any atom is 0.416 e. The Hall–Kier alpha value is -2.94. The van der Waals surface area contributed by atoms with E-state index < -0.39 is 17.6 Å². The second-order valence-corrected chi connectivity index (χ2v) is 6.02. The van der Waals surface area contributed by atoms with Crippen LogP contribution >= 0.6 is 0 Å². The first kappa shape index (κ1) is 20.4. The number of hydrogen-bond donors (Lipinski definition) is 2. The van der Waals surface area contributed by atoms with Gasteiger partial charge in [0, 0.05) is 30.5 Å². The normalized spacial score (nSPS) is 11.3. The van der Waals surface area contributed by atoms with E-state index in [0.29, 0.717) is 13.1 Å². The third-order valence-corrected chi connectivity index (χ3v) is 3.57. The summed E-state index contributed by atoms with van der Waals surface area (Å²) in [7, 11) is 3.75. The Balaban J connectivity index is 2.03. The van der Waals surface area contributed by atoms with Gasteiger partial charge in [0.25, 0.3) is 11.8 Å². The van der Waals surface area contributed by atoms with Crippen molar-refractivity contribution in [3.05, 3.63) is 59.4 Å². The summed E-state index contributed by atoms with van der Waals surface area (Å²) >= 11 is 0. The van der Waals surface area contributed by atoms with E-state index in [1.165, 1.54) is 18.3 Å². The molecule has 0 atom stereocenters. The summed E-state index contributed by atoms with van der Waals surface area (Å²) < 4.78 is 37.7. The molecule has 0 spiro atoms. The van der Waals surface area contributed by atoms with Crippen molar-refractivity contribution in [1.82, 2.24) is 15.2 Å². The predicted octanol–water partition coefficient (Wildman–Crippen LogP) is 2.64. The van der Waals surface area contributed by atoms with E-state index in [2.05, 4.69) is 15.6 Å². The molecule has 2 amide bonds. The summed E-state index contributed by atoms with van der Waals surface area (Å²) in [6, 6.07) is 6.84. The minimum Gasteiger partial charge on any atom is -0.351 e. The molecule has 2 aromatic rings. The summed E-state index contributed by atoms with van der Waals surface area (Å²) in [5, 5.41) is 5.17. The van der Waals surface area contributed by atoms with Crippen molar-refractivity contribution in [3.63, 3.8) is 0 Å². The largest absolute Gasteiger partial charge is 0.416 e. The number of benzene rings is 1. The Kier molecular flexibility index (Phi) is 6.51. The van der Waals surface area contributed by atoms with E-state index >= 15 is 0 Å². The zero-order valence-electron chi connectivity index (χ0n) is 14.8. The van der Waals surface area contributed by atoms with Crippen LogP contribution in [0.2, 0.25) is 0 Å². The number of halogens is 3. The molecule has 0 radical (unpaired) electrons. The van der Waals surface area contributed by atoms with Crippen LogP contribution in [0.5, 0.6) is 0 Å². The number of aromatic nitrogens is 1. The fourth-order valence-corrected chi connectivity index (χ4v) is 2.13. The van der Waals surface area contributed by atoms with Crippen molar-refractivity contribution >= 4 is 17.5 Å². The molecule has 27 heavy (non-hydrogen) atoms. The highest BCUT2D eigenvalue weighted by Crippen LogP contribution is 2.29. The first-order valence-electron chi connectivity index (χ1n) is 8.04. The molecule has 0 aliphatic carbocycles. The van der Waals surface area contributed by atoms with E-state index in [1.807, 2.05) is 19.0 Å². The van der Waals surface area contributed by atoms with Crippen molar-refractivity contribution < 1.29 is 22.8 Å². The molecule has 0 aliphatic rings. The lowest BCUT2D eigenvalue weighted by Crippen LogP contribution is -2.31. The monoisotopic (exact) mass is 380 g/mol. The molecule has 144 valence electrons. The second-order valence-electron chi connectivity index (χ2n) is 6.02. The number of carbonyl (C=O) groups excluding carboxylic acids is 2. The van der Waals surface area contributed by atoms with Gasteiger partial charge in [-0.1, -0.05) is 0 Å². The molecule has 1 aromatic heterocycles. The van der Waals surface area contributed by atoms with Gasteiger partial charge in [0.2, 0.25) is 0 Å². The molecule has 6 nitrogen and oxygen atoms in total. The Labute approximate surface area is 154 Å². The second kappa shape index (κ2) is 8.63. The molecule has 0 fully saturated rings. The average molecular weight is 380 g/mol. The first-order chi connectivity index (χ1) is 12.7. The number of hydrogen-bond acceptors (Lipinski definition) is 4. The third-order valence-electron chi connectivity index (χ3n) is 3.57. The van der Waals surface area contributed by atoms with Gasteiger partial charge in [0.1, 0.15) is 5.69 Å². The van der Waals surface area contributed by atoms with Gasteiger partial charge in [-0.15, -0.1) is 0 Å². The van der Waals surface area contributed by atoms with E-state index in [0.717, 1.165) is 24.3 Å². The van der Waals surface area contributed by atoms with E-state index in [-0.39, 0.29) is 22.9 Å². The van der Waals surface area contributed by atoms with Gasteiger partial charge in [-0.3, -0.25) is 14.6 Å². The summed E-state index contributed by atoms with van der Waals surface area (Å²) in [5.41, 5.74) is -0.373. The van der Waals surface area contributed by atoms with Crippen LogP contribution in [-0.2, 0) is 6.18 Å². The zero-order valence-corrected chi connectivity index (χ0v) is 14.8. The summed E-state index contributed by atoms with van der Waals surface area (Å²) in [4.78, 5) is 30.2. The molecule has 1 aromatic carbocycles. The van der Waals surface area contributed by atoms with Gasteiger partial charge in [0.05, 0.1) is 5.56 Å². The maximum atomic E-state index is 12.6. The number of carbonyl (C=O) groups is 2. The molecule has 0 aliphatic heterocycles. The smallest absolute Gasteiger partial charge is 0.351 e. The van der Waals surface area contributed by atoms with Crippen LogP contribution in [0.15, 0.2) is 42.6 Å². The predicted molar refractivity (Wildman–Crippen MR) is 94.5 cm³/mol. The lowest BCUT2D eigenvalue weighted by Gasteiger charge is -2.11. The van der Waals surface area contributed by atoms with Gasteiger partial charge < -0.3 is 15.5 Å². The highest BCUT2D eigenvalue weighted by Gasteiger charge is 2.30. The van der Waals surface area contributed by atoms with E-state index in [4.69, 9.17) is 0 Å². The van der Waals surface area contributed by atoms with E-state index in [9.17, 15) is 22.8 Å². The molecule has 0 saturated heterocycles. The molecule has 2 N–H and O–H groups in total. The van der Waals surface area contributed by atoms with Crippen LogP contribution < -0.4 is 10.6 Å². The van der Waals surface area contributed by atoms with Crippen molar-refractivity contribution in [2.45, 2.75) is 6.18 Å². The van der Waals surface area contributed by atoms with Crippen molar-refractivity contribution in [2.24, 2.45) is 0 Å². The van der Waals surface area contributed by atoms with Crippen LogP contribution in [0.1, 0.15) is 26.4 Å². The topological polar surface area (TPSA) is 74.3 Å². The first-order valence-corrected chi connectivity index (χ1v) is 8.04. The van der Waals surface area contributed by atoms with E-state index in [1.54, 1.807) is 0 Å². The number of pyridine rings is 1. The zero-order chi connectivity index (χ0) is 20.0. The van der Waals surface area contributed by atoms with Crippen molar-refractivity contribution in [2.75, 3.05) is 32.5 Å². The highest BCUT2D eigenvalue weighted by molar-refractivity contribution is 6.04. The summed E-state index contributed by atoms with van der Waals surface area (Å²) in [6.07, 6.45) is -3.12. The Morgan fingerprint density at radius 1 is 1.07 bits per heavy atom. The Bertz CT molecular complexity index is 805. The number of anilines is 1. The minimum atomic E-state index is -4.45. The highest BCUT2D eigenvalue weighted by atomic mass is 19.4. The summed E-state index contributed by atoms with van der Waals surface area (Å²) in [5.74, 6) is -0.972. The molecule has 0 bridgehead atoms. The fraction of sp³-hybridized carbons (Fsp3) is 0.278. The molecular weight excluding hydrogens is 361 g/mol. The SMILES string of the molecule is CN(C)CCNC(=O)c1ccnc(C(=O)Nc2ccc(C(F)(F)F)cc2)c1. The number of likely N-dealkylation sites (N-methyl/N-ethyl adjacent to an activating group) is 1. The molecular formula is C18H19F3N4O2. The Morgan fingerprint density at radius 2 is 1.74 bits per heavy atom. The minimum absolute atomic E-state index is 0.0184. The van der Waals surface area contributed by atoms with Gasteiger partial charge in [-0.2, -0.15) is 13.2 Å². The maximum absolute atomic E-state index is 12.6. The molecule has 1 heterocycles. The average Bonchev–Trinajstić information content (AvgIpc) is 2.61. The molecule has 0 saturated carbocycles. The Morgan fingerprint density at radius 3 is 2.33 bits per heavy atom.